The van der Waals surface area contributed by atoms with Gasteiger partial charge < -0.3 is 9.80 Å². The van der Waals surface area contributed by atoms with E-state index < -0.39 is 11.7 Å². The summed E-state index contributed by atoms with van der Waals surface area (Å²) in [4.78, 5) is 20.5. The van der Waals surface area contributed by atoms with E-state index in [0.29, 0.717) is 38.3 Å². The number of piperidine rings is 1. The van der Waals surface area contributed by atoms with Gasteiger partial charge in [-0.05, 0) is 31.0 Å². The molecule has 29 heavy (non-hydrogen) atoms. The summed E-state index contributed by atoms with van der Waals surface area (Å²) in [6.07, 6.45) is -0.872. The lowest BCUT2D eigenvalue weighted by Crippen LogP contribution is -2.43. The molecule has 0 unspecified atom stereocenters. The largest absolute Gasteiger partial charge is 0.417 e. The van der Waals surface area contributed by atoms with E-state index in [9.17, 15) is 18.0 Å². The van der Waals surface area contributed by atoms with Crippen LogP contribution in [0.25, 0.3) is 0 Å². The van der Waals surface area contributed by atoms with Crippen LogP contribution in [0.2, 0.25) is 5.02 Å². The third-order valence-corrected chi connectivity index (χ3v) is 5.22. The highest BCUT2D eigenvalue weighted by molar-refractivity contribution is 6.33. The lowest BCUT2D eigenvalue weighted by molar-refractivity contribution is -0.137. The molecule has 0 spiro atoms. The fourth-order valence-corrected chi connectivity index (χ4v) is 3.72. The maximum Gasteiger partial charge on any atom is 0.417 e. The zero-order chi connectivity index (χ0) is 21.0. The summed E-state index contributed by atoms with van der Waals surface area (Å²) in [5.74, 6) is 0.151. The number of para-hydroxylation sites is 1. The highest BCUT2D eigenvalue weighted by Crippen LogP contribution is 2.35. The lowest BCUT2D eigenvalue weighted by Gasteiger charge is -2.35. The molecule has 1 aliphatic rings. The summed E-state index contributed by atoms with van der Waals surface area (Å²) < 4.78 is 38.4. The van der Waals surface area contributed by atoms with Crippen molar-refractivity contribution in [3.63, 3.8) is 0 Å². The normalized spacial score (nSPS) is 15.2. The summed E-state index contributed by atoms with van der Waals surface area (Å²) in [5.41, 5.74) is -0.0634. The minimum Gasteiger partial charge on any atom is -0.355 e. The number of pyridine rings is 1. The van der Waals surface area contributed by atoms with Gasteiger partial charge in [0.15, 0.2) is 0 Å². The number of nitrogens with zero attached hydrogens (tertiary/aromatic N) is 3. The molecule has 3 rings (SSSR count). The van der Waals surface area contributed by atoms with Crippen LogP contribution in [-0.4, -0.2) is 30.5 Å². The van der Waals surface area contributed by atoms with Crippen molar-refractivity contribution >= 4 is 29.0 Å². The van der Waals surface area contributed by atoms with Gasteiger partial charge in [0, 0.05) is 37.4 Å². The van der Waals surface area contributed by atoms with Crippen LogP contribution in [0.5, 0.6) is 0 Å². The second-order valence-electron chi connectivity index (χ2n) is 6.86. The zero-order valence-corrected chi connectivity index (χ0v) is 16.5. The molecule has 1 aliphatic heterocycles. The van der Waals surface area contributed by atoms with Crippen LogP contribution in [0.15, 0.2) is 55.3 Å². The predicted molar refractivity (Wildman–Crippen MR) is 108 cm³/mol. The van der Waals surface area contributed by atoms with E-state index in [1.807, 2.05) is 35.2 Å². The molecule has 4 nitrogen and oxygen atoms in total. The molecule has 1 amide bonds. The first-order valence-electron chi connectivity index (χ1n) is 9.26. The maximum atomic E-state index is 13.0. The van der Waals surface area contributed by atoms with E-state index in [-0.39, 0.29) is 16.8 Å². The Bertz CT molecular complexity index is 865. The van der Waals surface area contributed by atoms with Gasteiger partial charge in [-0.25, -0.2) is 4.98 Å². The molecule has 0 bridgehead atoms. The third kappa shape index (κ3) is 4.90. The first kappa shape index (κ1) is 21.2. The SMILES string of the molecule is C=CCN(C(=O)C1CCN(c2ncc(C(F)(F)F)cc2Cl)CC1)c1ccccc1. The van der Waals surface area contributed by atoms with Crippen LogP contribution in [-0.2, 0) is 11.0 Å². The number of alkyl halides is 3. The average molecular weight is 424 g/mol. The highest BCUT2D eigenvalue weighted by atomic mass is 35.5. The molecule has 1 aromatic carbocycles. The number of rotatable bonds is 5. The van der Waals surface area contributed by atoms with Crippen molar-refractivity contribution in [3.05, 3.63) is 65.8 Å². The second kappa shape index (κ2) is 8.86. The van der Waals surface area contributed by atoms with E-state index >= 15 is 0 Å². The van der Waals surface area contributed by atoms with Gasteiger partial charge in [-0.3, -0.25) is 4.79 Å². The Labute approximate surface area is 172 Å². The van der Waals surface area contributed by atoms with Crippen LogP contribution in [0, 0.1) is 5.92 Å². The Morgan fingerprint density at radius 3 is 2.48 bits per heavy atom. The van der Waals surface area contributed by atoms with E-state index in [2.05, 4.69) is 11.6 Å². The zero-order valence-electron chi connectivity index (χ0n) is 15.7. The number of benzene rings is 1. The summed E-state index contributed by atoms with van der Waals surface area (Å²) >= 11 is 6.05. The Balaban J connectivity index is 1.68. The van der Waals surface area contributed by atoms with E-state index in [0.717, 1.165) is 18.0 Å². The van der Waals surface area contributed by atoms with Crippen molar-refractivity contribution < 1.29 is 18.0 Å². The molecule has 0 saturated carbocycles. The van der Waals surface area contributed by atoms with E-state index in [1.165, 1.54) is 0 Å². The number of halogens is 4. The highest BCUT2D eigenvalue weighted by Gasteiger charge is 2.33. The molecule has 0 atom stereocenters. The number of carbonyl (C=O) groups excluding carboxylic acids is 1. The Kier molecular flexibility index (Phi) is 6.47. The molecule has 154 valence electrons. The standard InChI is InChI=1S/C21H21ClF3N3O/c1-2-10-28(17-6-4-3-5-7-17)20(29)15-8-11-27(12-9-15)19-18(22)13-16(14-26-19)21(23,24)25/h2-7,13-15H,1,8-12H2. The van der Waals surface area contributed by atoms with Gasteiger partial charge in [0.25, 0.3) is 0 Å². The Hall–Kier alpha value is -2.54. The van der Waals surface area contributed by atoms with Gasteiger partial charge in [-0.2, -0.15) is 13.2 Å². The molecule has 2 aromatic rings. The van der Waals surface area contributed by atoms with Crippen LogP contribution in [0.4, 0.5) is 24.7 Å². The minimum absolute atomic E-state index is 0.0159. The van der Waals surface area contributed by atoms with Crippen molar-refractivity contribution in [2.75, 3.05) is 29.4 Å². The van der Waals surface area contributed by atoms with Crippen molar-refractivity contribution in [2.24, 2.45) is 5.92 Å². The number of anilines is 2. The first-order valence-corrected chi connectivity index (χ1v) is 9.64. The maximum absolute atomic E-state index is 13.0. The van der Waals surface area contributed by atoms with Gasteiger partial charge >= 0.3 is 6.18 Å². The molecule has 8 heteroatoms. The fraction of sp³-hybridized carbons (Fsp3) is 0.333. The van der Waals surface area contributed by atoms with Crippen molar-refractivity contribution in [1.29, 1.82) is 0 Å². The molecule has 1 saturated heterocycles. The quantitative estimate of drug-likeness (QED) is 0.621. The van der Waals surface area contributed by atoms with E-state index in [4.69, 9.17) is 11.6 Å². The second-order valence-corrected chi connectivity index (χ2v) is 7.27. The van der Waals surface area contributed by atoms with E-state index in [1.54, 1.807) is 11.0 Å². The molecule has 0 aliphatic carbocycles. The smallest absolute Gasteiger partial charge is 0.355 e. The van der Waals surface area contributed by atoms with Crippen molar-refractivity contribution in [1.82, 2.24) is 4.98 Å². The molecule has 0 N–H and O–H groups in total. The topological polar surface area (TPSA) is 36.4 Å². The summed E-state index contributed by atoms with van der Waals surface area (Å²) in [6, 6.07) is 10.3. The average Bonchev–Trinajstić information content (AvgIpc) is 2.71. The number of hydrogen-bond donors (Lipinski definition) is 0. The molecular weight excluding hydrogens is 403 g/mol. The van der Waals surface area contributed by atoms with Crippen LogP contribution in [0.3, 0.4) is 0 Å². The summed E-state index contributed by atoms with van der Waals surface area (Å²) in [6.45, 7) is 5.13. The monoisotopic (exact) mass is 423 g/mol. The predicted octanol–water partition coefficient (Wildman–Crippen LogP) is 5.19. The van der Waals surface area contributed by atoms with Crippen molar-refractivity contribution in [2.45, 2.75) is 19.0 Å². The third-order valence-electron chi connectivity index (χ3n) is 4.94. The molecule has 2 heterocycles. The Morgan fingerprint density at radius 1 is 1.28 bits per heavy atom. The van der Waals surface area contributed by atoms with Gasteiger partial charge in [0.2, 0.25) is 5.91 Å². The minimum atomic E-state index is -4.49. The number of amides is 1. The Morgan fingerprint density at radius 2 is 1.93 bits per heavy atom. The molecule has 1 aromatic heterocycles. The summed E-state index contributed by atoms with van der Waals surface area (Å²) in [7, 11) is 0. The number of aromatic nitrogens is 1. The molecule has 1 fully saturated rings. The fourth-order valence-electron chi connectivity index (χ4n) is 3.44. The van der Waals surface area contributed by atoms with Crippen LogP contribution >= 0.6 is 11.6 Å². The van der Waals surface area contributed by atoms with Crippen molar-refractivity contribution in [3.8, 4) is 0 Å². The van der Waals surface area contributed by atoms with Crippen LogP contribution in [0.1, 0.15) is 18.4 Å². The molecular formula is C21H21ClF3N3O. The van der Waals surface area contributed by atoms with Crippen LogP contribution < -0.4 is 9.80 Å². The summed E-state index contributed by atoms with van der Waals surface area (Å²) in [5, 5.41) is -0.0397. The van der Waals surface area contributed by atoms with Gasteiger partial charge in [-0.15, -0.1) is 6.58 Å². The number of hydrogen-bond acceptors (Lipinski definition) is 3. The number of carbonyl (C=O) groups is 1. The molecule has 0 radical (unpaired) electrons. The lowest BCUT2D eigenvalue weighted by atomic mass is 9.95. The van der Waals surface area contributed by atoms with Gasteiger partial charge in [0.05, 0.1) is 10.6 Å². The first-order chi connectivity index (χ1) is 13.8. The van der Waals surface area contributed by atoms with Gasteiger partial charge in [-0.1, -0.05) is 35.9 Å². The van der Waals surface area contributed by atoms with Gasteiger partial charge in [0.1, 0.15) is 5.82 Å².